The van der Waals surface area contributed by atoms with Gasteiger partial charge in [-0.2, -0.15) is 0 Å². The van der Waals surface area contributed by atoms with Gasteiger partial charge in [-0.15, -0.1) is 0 Å². The van der Waals surface area contributed by atoms with Crippen LogP contribution in [0.25, 0.3) is 0 Å². The van der Waals surface area contributed by atoms with Crippen LogP contribution in [0.1, 0.15) is 49.0 Å². The predicted molar refractivity (Wildman–Crippen MR) is 73.8 cm³/mol. The predicted octanol–water partition coefficient (Wildman–Crippen LogP) is 4.11. The van der Waals surface area contributed by atoms with Crippen LogP contribution in [0.4, 0.5) is 0 Å². The Morgan fingerprint density at radius 3 is 2.83 bits per heavy atom. The summed E-state index contributed by atoms with van der Waals surface area (Å²) in [5.74, 6) is -2.48. The van der Waals surface area contributed by atoms with Crippen molar-refractivity contribution in [3.8, 4) is 11.5 Å². The SMILES string of the molecule is [2H]C([2H])=C([C@@H]1CCC(C([2H])([2H])[2H])=C[C@H]1c1c(O)cccc1O)C([2H])([2H])[2H]. The van der Waals surface area contributed by atoms with Gasteiger partial charge in [0.05, 0.1) is 2.74 Å². The van der Waals surface area contributed by atoms with Crippen LogP contribution in [-0.4, -0.2) is 10.2 Å². The molecular formula is C16H20O2. The molecule has 0 heterocycles. The maximum absolute atomic E-state index is 10.2. The molecule has 2 nitrogen and oxygen atoms in total. The molecule has 1 aliphatic rings. The van der Waals surface area contributed by atoms with Crippen LogP contribution in [-0.2, 0) is 0 Å². The third-order valence-electron chi connectivity index (χ3n) is 3.30. The summed E-state index contributed by atoms with van der Waals surface area (Å²) in [5.41, 5.74) is -0.309. The fourth-order valence-electron chi connectivity index (χ4n) is 2.40. The van der Waals surface area contributed by atoms with Crippen molar-refractivity contribution in [1.82, 2.24) is 0 Å². The van der Waals surface area contributed by atoms with E-state index in [-0.39, 0.29) is 35.5 Å². The van der Waals surface area contributed by atoms with Crippen LogP contribution < -0.4 is 0 Å². The molecule has 0 aliphatic heterocycles. The molecule has 96 valence electrons. The minimum atomic E-state index is -2.72. The van der Waals surface area contributed by atoms with E-state index in [1.54, 1.807) is 0 Å². The molecule has 2 heteroatoms. The van der Waals surface area contributed by atoms with Crippen molar-refractivity contribution >= 4 is 0 Å². The number of aromatic hydroxyl groups is 2. The van der Waals surface area contributed by atoms with Crippen LogP contribution in [0.3, 0.4) is 0 Å². The summed E-state index contributed by atoms with van der Waals surface area (Å²) in [5, 5.41) is 20.4. The third kappa shape index (κ3) is 2.28. The quantitative estimate of drug-likeness (QED) is 0.777. The summed E-state index contributed by atoms with van der Waals surface area (Å²) in [4.78, 5) is 0. The Hall–Kier alpha value is -1.70. The first-order chi connectivity index (χ1) is 11.8. The van der Waals surface area contributed by atoms with Crippen LogP contribution in [0, 0.1) is 5.92 Å². The number of allylic oxidation sites excluding steroid dienone is 3. The fourth-order valence-corrected chi connectivity index (χ4v) is 2.40. The number of phenols is 2. The van der Waals surface area contributed by atoms with Crippen molar-refractivity contribution in [2.75, 3.05) is 0 Å². The Morgan fingerprint density at radius 2 is 2.22 bits per heavy atom. The Morgan fingerprint density at radius 1 is 1.44 bits per heavy atom. The molecule has 0 amide bonds. The lowest BCUT2D eigenvalue weighted by atomic mass is 9.74. The highest BCUT2D eigenvalue weighted by molar-refractivity contribution is 5.49. The molecule has 0 saturated heterocycles. The highest BCUT2D eigenvalue weighted by Crippen LogP contribution is 2.45. The molecule has 1 aromatic carbocycles. The molecule has 0 radical (unpaired) electrons. The Kier molecular flexibility index (Phi) is 1.62. The van der Waals surface area contributed by atoms with E-state index < -0.39 is 37.6 Å². The molecule has 0 fully saturated rings. The van der Waals surface area contributed by atoms with E-state index in [1.165, 1.54) is 24.3 Å². The maximum atomic E-state index is 10.2. The van der Waals surface area contributed by atoms with E-state index in [1.807, 2.05) is 0 Å². The van der Waals surface area contributed by atoms with Crippen molar-refractivity contribution < 1.29 is 21.2 Å². The molecule has 0 spiro atoms. The Labute approximate surface area is 120 Å². The Bertz CT molecular complexity index is 721. The van der Waals surface area contributed by atoms with Gasteiger partial charge in [-0.3, -0.25) is 0 Å². The summed E-state index contributed by atoms with van der Waals surface area (Å²) in [6.45, 7) is -5.97. The van der Waals surface area contributed by atoms with Gasteiger partial charge in [-0.05, 0) is 44.6 Å². The van der Waals surface area contributed by atoms with Crippen LogP contribution in [0.2, 0.25) is 0 Å². The van der Waals surface area contributed by atoms with Gasteiger partial charge in [0.25, 0.3) is 0 Å². The summed E-state index contributed by atoms with van der Waals surface area (Å²) in [6.07, 6.45) is 1.50. The second-order valence-electron chi connectivity index (χ2n) is 4.49. The number of rotatable bonds is 2. The first-order valence-corrected chi connectivity index (χ1v) is 5.74. The molecule has 1 aromatic rings. The largest absolute Gasteiger partial charge is 0.508 e. The highest BCUT2D eigenvalue weighted by atomic mass is 16.3. The first-order valence-electron chi connectivity index (χ1n) is 9.74. The van der Waals surface area contributed by atoms with Crippen molar-refractivity contribution in [2.45, 2.75) is 32.5 Å². The fraction of sp³-hybridized carbons (Fsp3) is 0.375. The number of benzene rings is 1. The van der Waals surface area contributed by atoms with Crippen LogP contribution >= 0.6 is 0 Å². The molecule has 18 heavy (non-hydrogen) atoms. The molecule has 0 unspecified atom stereocenters. The smallest absolute Gasteiger partial charge is 0.123 e. The molecular weight excluding hydrogens is 224 g/mol. The van der Waals surface area contributed by atoms with E-state index in [9.17, 15) is 10.2 Å². The van der Waals surface area contributed by atoms with Gasteiger partial charge >= 0.3 is 0 Å². The molecule has 2 N–H and O–H groups in total. The van der Waals surface area contributed by atoms with Crippen molar-refractivity contribution in [3.05, 3.63) is 47.5 Å². The zero-order chi connectivity index (χ0) is 19.9. The third-order valence-corrected chi connectivity index (χ3v) is 3.30. The minimum Gasteiger partial charge on any atom is -0.508 e. The lowest BCUT2D eigenvalue weighted by molar-refractivity contribution is 0.407. The molecule has 2 atom stereocenters. The standard InChI is InChI=1S/C16H20O2/c1-10(2)12-8-7-11(3)9-13(12)16-14(17)5-4-6-15(16)18/h4-6,9,12-13,17-18H,1,7-8H2,2-3H3/t12-,13+/m0/s1/i1D2,2D3,3D3. The normalized spacial score (nSPS) is 31.2. The number of hydrogen-bond donors (Lipinski definition) is 2. The monoisotopic (exact) mass is 252 g/mol. The van der Waals surface area contributed by atoms with Gasteiger partial charge in [0.15, 0.2) is 0 Å². The van der Waals surface area contributed by atoms with E-state index in [4.69, 9.17) is 11.0 Å². The van der Waals surface area contributed by atoms with Gasteiger partial charge in [0.1, 0.15) is 11.5 Å². The van der Waals surface area contributed by atoms with Gasteiger partial charge in [0.2, 0.25) is 0 Å². The summed E-state index contributed by atoms with van der Waals surface area (Å²) < 4.78 is 61.0. The van der Waals surface area contributed by atoms with Gasteiger partial charge in [0, 0.05) is 19.7 Å². The second kappa shape index (κ2) is 4.89. The number of hydrogen-bond acceptors (Lipinski definition) is 2. The highest BCUT2D eigenvalue weighted by Gasteiger charge is 2.29. The van der Waals surface area contributed by atoms with Gasteiger partial charge < -0.3 is 10.2 Å². The average Bonchev–Trinajstić information content (AvgIpc) is 2.45. The van der Waals surface area contributed by atoms with Crippen LogP contribution in [0.5, 0.6) is 11.5 Å². The van der Waals surface area contributed by atoms with Crippen LogP contribution in [0.15, 0.2) is 42.0 Å². The summed E-state index contributed by atoms with van der Waals surface area (Å²) in [7, 11) is 0. The lowest BCUT2D eigenvalue weighted by Gasteiger charge is -2.31. The summed E-state index contributed by atoms with van der Waals surface area (Å²) >= 11 is 0. The van der Waals surface area contributed by atoms with Crippen molar-refractivity contribution in [2.24, 2.45) is 5.92 Å². The van der Waals surface area contributed by atoms with E-state index in [2.05, 4.69) is 0 Å². The molecule has 0 aromatic heterocycles. The Balaban J connectivity index is 2.70. The zero-order valence-corrected chi connectivity index (χ0v) is 9.77. The van der Waals surface area contributed by atoms with Gasteiger partial charge in [-0.25, -0.2) is 0 Å². The second-order valence-corrected chi connectivity index (χ2v) is 4.49. The topological polar surface area (TPSA) is 40.5 Å². The first kappa shape index (κ1) is 5.96. The minimum absolute atomic E-state index is 0.00181. The molecule has 2 rings (SSSR count). The maximum Gasteiger partial charge on any atom is 0.123 e. The average molecular weight is 252 g/mol. The zero-order valence-electron chi connectivity index (χ0n) is 17.8. The van der Waals surface area contributed by atoms with Crippen molar-refractivity contribution in [3.63, 3.8) is 0 Å². The van der Waals surface area contributed by atoms with E-state index in [0.29, 0.717) is 0 Å². The molecule has 1 aliphatic carbocycles. The van der Waals surface area contributed by atoms with E-state index in [0.717, 1.165) is 0 Å². The van der Waals surface area contributed by atoms with E-state index >= 15 is 0 Å². The number of phenolic OH excluding ortho intramolecular Hbond substituents is 2. The van der Waals surface area contributed by atoms with Gasteiger partial charge in [-0.1, -0.05) is 29.8 Å². The lowest BCUT2D eigenvalue weighted by Crippen LogP contribution is -2.17. The molecule has 0 saturated carbocycles. The van der Waals surface area contributed by atoms with Crippen molar-refractivity contribution in [1.29, 1.82) is 0 Å². The molecule has 0 bridgehead atoms. The summed E-state index contributed by atoms with van der Waals surface area (Å²) in [6, 6.07) is 4.02.